The standard InChI is InChI=1S/C30H46O5/c1-6-30(35,21(4)31)16-8-10-27(33)20(3)25-13-14-26-22(9-7-15-29(25,26)5)11-12-23-17-24(32)18-28(34)19(23)2/h11-12,20-21,24-28,31-35H,2,6-7,9,13-18H2,1,3-5H3/b22-11-,23-12+/t20-,21?,24-,25?,26?,27?,28+,29-,30?/m1/s1. The Kier molecular flexibility index (Phi) is 9.10. The van der Waals surface area contributed by atoms with Crippen LogP contribution < -0.4 is 0 Å². The van der Waals surface area contributed by atoms with Crippen LogP contribution in [0, 0.1) is 35.0 Å². The highest BCUT2D eigenvalue weighted by atomic mass is 16.3. The molecule has 3 saturated carbocycles. The number of fused-ring (bicyclic) bond motifs is 1. The maximum Gasteiger partial charge on any atom is 0.117 e. The van der Waals surface area contributed by atoms with Crippen LogP contribution >= 0.6 is 0 Å². The minimum Gasteiger partial charge on any atom is -0.393 e. The van der Waals surface area contributed by atoms with E-state index in [1.807, 2.05) is 6.92 Å². The predicted octanol–water partition coefficient (Wildman–Crippen LogP) is 4.04. The van der Waals surface area contributed by atoms with Crippen LogP contribution in [0.5, 0.6) is 0 Å². The molecule has 9 atom stereocenters. The summed E-state index contributed by atoms with van der Waals surface area (Å²) in [5, 5.41) is 51.5. The fraction of sp³-hybridized carbons (Fsp3) is 0.733. The molecule has 0 aromatic carbocycles. The molecule has 0 aromatic rings. The first-order valence-corrected chi connectivity index (χ1v) is 13.4. The zero-order valence-electron chi connectivity index (χ0n) is 22.0. The van der Waals surface area contributed by atoms with Crippen molar-refractivity contribution in [1.29, 1.82) is 0 Å². The normalized spacial score (nSPS) is 37.8. The van der Waals surface area contributed by atoms with Gasteiger partial charge in [-0.25, -0.2) is 0 Å². The molecule has 196 valence electrons. The highest BCUT2D eigenvalue weighted by molar-refractivity contribution is 5.38. The van der Waals surface area contributed by atoms with Gasteiger partial charge in [-0.3, -0.25) is 0 Å². The van der Waals surface area contributed by atoms with Gasteiger partial charge in [0.2, 0.25) is 0 Å². The first-order valence-electron chi connectivity index (χ1n) is 13.4. The fourth-order valence-electron chi connectivity index (χ4n) is 6.84. The summed E-state index contributed by atoms with van der Waals surface area (Å²) >= 11 is 0. The topological polar surface area (TPSA) is 101 Å². The molecule has 5 unspecified atom stereocenters. The van der Waals surface area contributed by atoms with Gasteiger partial charge in [0.25, 0.3) is 0 Å². The van der Waals surface area contributed by atoms with Gasteiger partial charge in [-0.15, -0.1) is 0 Å². The second-order valence-corrected chi connectivity index (χ2v) is 11.6. The molecule has 0 heterocycles. The van der Waals surface area contributed by atoms with Gasteiger partial charge in [0, 0.05) is 12.8 Å². The van der Waals surface area contributed by atoms with Crippen LogP contribution in [0.25, 0.3) is 0 Å². The highest BCUT2D eigenvalue weighted by Gasteiger charge is 2.51. The molecule has 0 saturated heterocycles. The van der Waals surface area contributed by atoms with E-state index in [0.717, 1.165) is 43.3 Å². The molecule has 35 heavy (non-hydrogen) atoms. The van der Waals surface area contributed by atoms with E-state index in [-0.39, 0.29) is 17.8 Å². The summed E-state index contributed by atoms with van der Waals surface area (Å²) in [6.07, 6.45) is 8.30. The number of aliphatic hydroxyl groups is 5. The van der Waals surface area contributed by atoms with Gasteiger partial charge < -0.3 is 25.5 Å². The van der Waals surface area contributed by atoms with Crippen LogP contribution in [0.4, 0.5) is 0 Å². The van der Waals surface area contributed by atoms with Gasteiger partial charge in [-0.05, 0) is 86.2 Å². The second kappa shape index (κ2) is 11.3. The molecular weight excluding hydrogens is 440 g/mol. The molecule has 0 amide bonds. The van der Waals surface area contributed by atoms with Crippen molar-refractivity contribution in [2.45, 2.75) is 115 Å². The molecule has 0 radical (unpaired) electrons. The van der Waals surface area contributed by atoms with E-state index in [4.69, 9.17) is 0 Å². The van der Waals surface area contributed by atoms with E-state index in [1.54, 1.807) is 6.92 Å². The highest BCUT2D eigenvalue weighted by Crippen LogP contribution is 2.59. The van der Waals surface area contributed by atoms with Crippen LogP contribution in [0.15, 0.2) is 35.5 Å². The summed E-state index contributed by atoms with van der Waals surface area (Å²) in [6.45, 7) is 11.9. The Balaban J connectivity index is 1.73. The number of allylic oxidation sites excluding steroid dienone is 3. The molecule has 3 rings (SSSR count). The van der Waals surface area contributed by atoms with Crippen LogP contribution in [0.1, 0.15) is 85.5 Å². The first-order chi connectivity index (χ1) is 16.4. The lowest BCUT2D eigenvalue weighted by Crippen LogP contribution is -2.40. The van der Waals surface area contributed by atoms with Gasteiger partial charge in [-0.1, -0.05) is 56.9 Å². The Bertz CT molecular complexity index is 892. The summed E-state index contributed by atoms with van der Waals surface area (Å²) < 4.78 is 0. The van der Waals surface area contributed by atoms with Crippen molar-refractivity contribution in [3.63, 3.8) is 0 Å². The Hall–Kier alpha value is -1.42. The molecular formula is C30H46O5. The van der Waals surface area contributed by atoms with Crippen LogP contribution in [-0.2, 0) is 0 Å². The minimum atomic E-state index is -1.24. The van der Waals surface area contributed by atoms with E-state index in [9.17, 15) is 25.5 Å². The van der Waals surface area contributed by atoms with Crippen LogP contribution in [0.3, 0.4) is 0 Å². The molecule has 5 heteroatoms. The van der Waals surface area contributed by atoms with Crippen molar-refractivity contribution in [3.05, 3.63) is 35.5 Å². The summed E-state index contributed by atoms with van der Waals surface area (Å²) in [6, 6.07) is 0. The molecule has 0 bridgehead atoms. The molecule has 0 aromatic heterocycles. The summed E-state index contributed by atoms with van der Waals surface area (Å²) in [5.41, 5.74) is 1.93. The molecule has 3 aliphatic rings. The Morgan fingerprint density at radius 1 is 1.20 bits per heavy atom. The van der Waals surface area contributed by atoms with E-state index in [1.165, 1.54) is 5.57 Å². The van der Waals surface area contributed by atoms with Gasteiger partial charge in [0.05, 0.1) is 18.3 Å². The summed E-state index contributed by atoms with van der Waals surface area (Å²) in [4.78, 5) is 0. The number of aliphatic hydroxyl groups excluding tert-OH is 4. The van der Waals surface area contributed by atoms with E-state index in [2.05, 4.69) is 44.4 Å². The third-order valence-corrected chi connectivity index (χ3v) is 9.47. The number of rotatable bonds is 6. The van der Waals surface area contributed by atoms with Crippen LogP contribution in [0.2, 0.25) is 0 Å². The van der Waals surface area contributed by atoms with E-state index in [0.29, 0.717) is 31.1 Å². The smallest absolute Gasteiger partial charge is 0.117 e. The minimum absolute atomic E-state index is 0.0138. The Morgan fingerprint density at radius 2 is 1.91 bits per heavy atom. The molecule has 3 fully saturated rings. The lowest BCUT2D eigenvalue weighted by molar-refractivity contribution is -0.0646. The van der Waals surface area contributed by atoms with Gasteiger partial charge >= 0.3 is 0 Å². The first kappa shape index (κ1) is 28.2. The SMILES string of the molecule is C=C1/C(=C/C=C2/CCC[C@@]3(C)C2CCC3[C@@H](C)C(O)C#CCC(O)(CC)C(C)O)C[C@@H](O)C[C@@H]1O. The van der Waals surface area contributed by atoms with Gasteiger partial charge in [0.1, 0.15) is 11.7 Å². The van der Waals surface area contributed by atoms with Gasteiger partial charge in [-0.2, -0.15) is 0 Å². The van der Waals surface area contributed by atoms with E-state index < -0.39 is 30.0 Å². The van der Waals surface area contributed by atoms with Gasteiger partial charge in [0.15, 0.2) is 0 Å². The van der Waals surface area contributed by atoms with Crippen molar-refractivity contribution in [2.24, 2.45) is 23.2 Å². The second-order valence-electron chi connectivity index (χ2n) is 11.6. The molecule has 5 nitrogen and oxygen atoms in total. The molecule has 0 aliphatic heterocycles. The maximum atomic E-state index is 10.9. The summed E-state index contributed by atoms with van der Waals surface area (Å²) in [7, 11) is 0. The molecule has 5 N–H and O–H groups in total. The molecule has 3 aliphatic carbocycles. The monoisotopic (exact) mass is 486 g/mol. The third-order valence-electron chi connectivity index (χ3n) is 9.47. The average molecular weight is 487 g/mol. The van der Waals surface area contributed by atoms with Crippen molar-refractivity contribution >= 4 is 0 Å². The zero-order valence-corrected chi connectivity index (χ0v) is 22.0. The maximum absolute atomic E-state index is 10.9. The molecule has 0 spiro atoms. The fourth-order valence-corrected chi connectivity index (χ4v) is 6.84. The number of hydrogen-bond acceptors (Lipinski definition) is 5. The zero-order chi connectivity index (χ0) is 26.0. The largest absolute Gasteiger partial charge is 0.393 e. The van der Waals surface area contributed by atoms with E-state index >= 15 is 0 Å². The van der Waals surface area contributed by atoms with Crippen LogP contribution in [-0.4, -0.2) is 55.5 Å². The van der Waals surface area contributed by atoms with Crippen molar-refractivity contribution in [3.8, 4) is 11.8 Å². The third kappa shape index (κ3) is 5.95. The predicted molar refractivity (Wildman–Crippen MR) is 139 cm³/mol. The Morgan fingerprint density at radius 3 is 2.57 bits per heavy atom. The quantitative estimate of drug-likeness (QED) is 0.365. The number of hydrogen-bond donors (Lipinski definition) is 5. The lowest BCUT2D eigenvalue weighted by Gasteiger charge is -2.44. The van der Waals surface area contributed by atoms with Crippen molar-refractivity contribution < 1.29 is 25.5 Å². The lowest BCUT2D eigenvalue weighted by atomic mass is 9.60. The van der Waals surface area contributed by atoms with Crippen molar-refractivity contribution in [1.82, 2.24) is 0 Å². The summed E-state index contributed by atoms with van der Waals surface area (Å²) in [5.74, 6) is 6.72. The van der Waals surface area contributed by atoms with Crippen molar-refractivity contribution in [2.75, 3.05) is 0 Å². The average Bonchev–Trinajstić information content (AvgIpc) is 3.16. The Labute approximate surface area is 211 Å².